The highest BCUT2D eigenvalue weighted by molar-refractivity contribution is 5.95. The molecule has 1 aliphatic rings. The molecule has 5 nitrogen and oxygen atoms in total. The lowest BCUT2D eigenvalue weighted by Gasteiger charge is -2.32. The zero-order chi connectivity index (χ0) is 16.5. The lowest BCUT2D eigenvalue weighted by Crippen LogP contribution is -2.45. The quantitative estimate of drug-likeness (QED) is 0.514. The molecule has 0 saturated carbocycles. The van der Waals surface area contributed by atoms with Gasteiger partial charge in [0.1, 0.15) is 12.4 Å². The van der Waals surface area contributed by atoms with Crippen LogP contribution in [0.25, 0.3) is 0 Å². The Hall–Kier alpha value is -1.43. The SMILES string of the molecule is CCC(=O)c1ccc(OCCOCCN2CCN(C)CC2)cc1. The molecule has 0 radical (unpaired) electrons. The first-order valence-corrected chi connectivity index (χ1v) is 8.43. The van der Waals surface area contributed by atoms with E-state index < -0.39 is 0 Å². The fourth-order valence-corrected chi connectivity index (χ4v) is 2.53. The van der Waals surface area contributed by atoms with Crippen LogP contribution in [0.15, 0.2) is 24.3 Å². The van der Waals surface area contributed by atoms with Crippen molar-refractivity contribution in [3.8, 4) is 5.75 Å². The zero-order valence-electron chi connectivity index (χ0n) is 14.3. The van der Waals surface area contributed by atoms with Crippen LogP contribution in [0.3, 0.4) is 0 Å². The predicted octanol–water partition coefficient (Wildman–Crippen LogP) is 1.92. The van der Waals surface area contributed by atoms with Crippen LogP contribution in [-0.2, 0) is 4.74 Å². The molecule has 0 aliphatic carbocycles. The molecule has 0 bridgehead atoms. The van der Waals surface area contributed by atoms with Gasteiger partial charge in [0.05, 0.1) is 13.2 Å². The largest absolute Gasteiger partial charge is 0.491 e. The first-order valence-electron chi connectivity index (χ1n) is 8.43. The van der Waals surface area contributed by atoms with Crippen molar-refractivity contribution in [3.05, 3.63) is 29.8 Å². The number of carbonyl (C=O) groups is 1. The maximum atomic E-state index is 11.5. The van der Waals surface area contributed by atoms with E-state index in [2.05, 4.69) is 16.8 Å². The molecule has 5 heteroatoms. The van der Waals surface area contributed by atoms with Gasteiger partial charge >= 0.3 is 0 Å². The molecule has 0 spiro atoms. The summed E-state index contributed by atoms with van der Waals surface area (Å²) in [5.74, 6) is 0.934. The highest BCUT2D eigenvalue weighted by Gasteiger charge is 2.12. The summed E-state index contributed by atoms with van der Waals surface area (Å²) in [6.45, 7) is 9.25. The highest BCUT2D eigenvalue weighted by atomic mass is 16.5. The molecule has 1 fully saturated rings. The molecular formula is C18H28N2O3. The van der Waals surface area contributed by atoms with Crippen LogP contribution >= 0.6 is 0 Å². The number of carbonyl (C=O) groups excluding carboxylic acids is 1. The lowest BCUT2D eigenvalue weighted by molar-refractivity contribution is 0.0658. The van der Waals surface area contributed by atoms with Crippen molar-refractivity contribution in [2.24, 2.45) is 0 Å². The van der Waals surface area contributed by atoms with Gasteiger partial charge < -0.3 is 14.4 Å². The van der Waals surface area contributed by atoms with E-state index in [1.807, 2.05) is 31.2 Å². The number of ether oxygens (including phenoxy) is 2. The summed E-state index contributed by atoms with van der Waals surface area (Å²) in [7, 11) is 2.16. The number of likely N-dealkylation sites (N-methyl/N-ethyl adjacent to an activating group) is 1. The third kappa shape index (κ3) is 6.29. The molecule has 128 valence electrons. The highest BCUT2D eigenvalue weighted by Crippen LogP contribution is 2.13. The summed E-state index contributed by atoms with van der Waals surface area (Å²) < 4.78 is 11.3. The fourth-order valence-electron chi connectivity index (χ4n) is 2.53. The van der Waals surface area contributed by atoms with E-state index in [9.17, 15) is 4.79 Å². The second-order valence-electron chi connectivity index (χ2n) is 5.91. The number of hydrogen-bond donors (Lipinski definition) is 0. The maximum Gasteiger partial charge on any atom is 0.162 e. The van der Waals surface area contributed by atoms with E-state index in [-0.39, 0.29) is 5.78 Å². The molecule has 0 amide bonds. The van der Waals surface area contributed by atoms with Crippen LogP contribution in [0.2, 0.25) is 0 Å². The summed E-state index contributed by atoms with van der Waals surface area (Å²) in [5.41, 5.74) is 0.739. The average Bonchev–Trinajstić information content (AvgIpc) is 2.59. The van der Waals surface area contributed by atoms with Gasteiger partial charge in [-0.1, -0.05) is 6.92 Å². The van der Waals surface area contributed by atoms with Crippen LogP contribution in [0, 0.1) is 0 Å². The molecule has 0 unspecified atom stereocenters. The molecule has 23 heavy (non-hydrogen) atoms. The van der Waals surface area contributed by atoms with Crippen LogP contribution in [0.5, 0.6) is 5.75 Å². The summed E-state index contributed by atoms with van der Waals surface area (Å²) in [5, 5.41) is 0. The van der Waals surface area contributed by atoms with Crippen molar-refractivity contribution < 1.29 is 14.3 Å². The Morgan fingerprint density at radius 3 is 2.39 bits per heavy atom. The maximum absolute atomic E-state index is 11.5. The summed E-state index contributed by atoms with van der Waals surface area (Å²) in [6, 6.07) is 7.31. The normalized spacial score (nSPS) is 16.4. The number of hydrogen-bond acceptors (Lipinski definition) is 5. The summed E-state index contributed by atoms with van der Waals surface area (Å²) >= 11 is 0. The summed E-state index contributed by atoms with van der Waals surface area (Å²) in [4.78, 5) is 16.3. The monoisotopic (exact) mass is 320 g/mol. The fraction of sp³-hybridized carbons (Fsp3) is 0.611. The second kappa shape index (κ2) is 9.65. The average molecular weight is 320 g/mol. The molecular weight excluding hydrogens is 292 g/mol. The van der Waals surface area contributed by atoms with Gasteiger partial charge in [-0.25, -0.2) is 0 Å². The Labute approximate surface area is 139 Å². The minimum atomic E-state index is 0.156. The van der Waals surface area contributed by atoms with Crippen molar-refractivity contribution in [1.29, 1.82) is 0 Å². The van der Waals surface area contributed by atoms with Gasteiger partial charge in [0.15, 0.2) is 5.78 Å². The Bertz CT molecular complexity index is 468. The first kappa shape index (κ1) is 17.9. The number of piperazine rings is 1. The van der Waals surface area contributed by atoms with Gasteiger partial charge in [-0.2, -0.15) is 0 Å². The number of rotatable bonds is 9. The van der Waals surface area contributed by atoms with Crippen LogP contribution in [0.1, 0.15) is 23.7 Å². The molecule has 0 atom stereocenters. The van der Waals surface area contributed by atoms with Gasteiger partial charge in [-0.05, 0) is 31.3 Å². The minimum Gasteiger partial charge on any atom is -0.491 e. The molecule has 0 aromatic heterocycles. The molecule has 1 heterocycles. The van der Waals surface area contributed by atoms with Crippen LogP contribution < -0.4 is 4.74 Å². The van der Waals surface area contributed by atoms with Crippen LogP contribution in [-0.4, -0.2) is 75.2 Å². The van der Waals surface area contributed by atoms with E-state index in [0.717, 1.165) is 50.6 Å². The number of nitrogens with zero attached hydrogens (tertiary/aromatic N) is 2. The molecule has 0 N–H and O–H groups in total. The molecule has 1 aromatic carbocycles. The Kier molecular flexibility index (Phi) is 7.52. The van der Waals surface area contributed by atoms with Crippen molar-refractivity contribution in [2.45, 2.75) is 13.3 Å². The number of Topliss-reactive ketones (excluding diaryl/α,β-unsaturated/α-hetero) is 1. The standard InChI is InChI=1S/C18H28N2O3/c1-3-18(21)16-4-6-17(7-5-16)23-15-14-22-13-12-20-10-8-19(2)9-11-20/h4-7H,3,8-15H2,1-2H3. The van der Waals surface area contributed by atoms with Gasteiger partial charge in [-0.3, -0.25) is 9.69 Å². The number of ketones is 1. The molecule has 1 aliphatic heterocycles. The van der Waals surface area contributed by atoms with Gasteiger partial charge in [-0.15, -0.1) is 0 Å². The number of benzene rings is 1. The molecule has 1 aromatic rings. The summed E-state index contributed by atoms with van der Waals surface area (Å²) in [6.07, 6.45) is 0.529. The van der Waals surface area contributed by atoms with E-state index in [1.54, 1.807) is 0 Å². The lowest BCUT2D eigenvalue weighted by atomic mass is 10.1. The smallest absolute Gasteiger partial charge is 0.162 e. The Morgan fingerprint density at radius 2 is 1.74 bits per heavy atom. The predicted molar refractivity (Wildman–Crippen MR) is 91.3 cm³/mol. The van der Waals surface area contributed by atoms with Gasteiger partial charge in [0.25, 0.3) is 0 Å². The Balaban J connectivity index is 1.54. The molecule has 1 saturated heterocycles. The zero-order valence-corrected chi connectivity index (χ0v) is 14.3. The minimum absolute atomic E-state index is 0.156. The van der Waals surface area contributed by atoms with Crippen molar-refractivity contribution in [2.75, 3.05) is 59.6 Å². The second-order valence-corrected chi connectivity index (χ2v) is 5.91. The van der Waals surface area contributed by atoms with E-state index in [1.165, 1.54) is 0 Å². The van der Waals surface area contributed by atoms with Crippen molar-refractivity contribution >= 4 is 5.78 Å². The van der Waals surface area contributed by atoms with Gasteiger partial charge in [0.2, 0.25) is 0 Å². The molecule has 2 rings (SSSR count). The van der Waals surface area contributed by atoms with E-state index in [4.69, 9.17) is 9.47 Å². The third-order valence-electron chi connectivity index (χ3n) is 4.14. The van der Waals surface area contributed by atoms with Crippen molar-refractivity contribution in [1.82, 2.24) is 9.80 Å². The third-order valence-corrected chi connectivity index (χ3v) is 4.14. The van der Waals surface area contributed by atoms with Crippen LogP contribution in [0.4, 0.5) is 0 Å². The van der Waals surface area contributed by atoms with E-state index in [0.29, 0.717) is 19.6 Å². The topological polar surface area (TPSA) is 42.0 Å². The first-order chi connectivity index (χ1) is 11.2. The van der Waals surface area contributed by atoms with Crippen molar-refractivity contribution in [3.63, 3.8) is 0 Å². The van der Waals surface area contributed by atoms with Gasteiger partial charge in [0, 0.05) is 44.7 Å². The Morgan fingerprint density at radius 1 is 1.04 bits per heavy atom. The van der Waals surface area contributed by atoms with E-state index >= 15 is 0 Å².